The van der Waals surface area contributed by atoms with E-state index in [1.807, 2.05) is 31.3 Å². The highest BCUT2D eigenvalue weighted by atomic mass is 32.2. The lowest BCUT2D eigenvalue weighted by Crippen LogP contribution is -2.43. The van der Waals surface area contributed by atoms with Gasteiger partial charge in [-0.05, 0) is 100 Å². The standard InChI is InChI=1S/C41H52FN13O4S/c1-26(2)59-38-37(30(20-43)21-44)46-24-55-40(38)48-41(50-55)47-34-10-8-31(19-33(34)42)60(58)54-14-5-6-27(23-54)22-52-15-11-28(12-16-52)29-7-9-32-35(18-29)51(4)49-39(32)53(25-56)17-13-36(57)45-3/h7-10,18-21,24-28,43H,5-6,11-17,22-23,44H2,1-4H3,(H,45,57)(H,47,50)/b30-21+,43-20?. The number of carbonyl (C=O) groups is 2. The number of allylic oxidation sites excluding steroid dienone is 1. The molecular formula is C41H52FN13O4S. The maximum absolute atomic E-state index is 15.6. The van der Waals surface area contributed by atoms with Gasteiger partial charge in [-0.2, -0.15) is 14.6 Å². The van der Waals surface area contributed by atoms with Gasteiger partial charge in [-0.1, -0.05) is 6.07 Å². The maximum Gasteiger partial charge on any atom is 0.247 e. The molecule has 17 nitrogen and oxygen atoms in total. The van der Waals surface area contributed by atoms with E-state index in [0.717, 1.165) is 68.8 Å². The molecule has 19 heteroatoms. The van der Waals surface area contributed by atoms with Gasteiger partial charge in [-0.25, -0.2) is 17.9 Å². The molecule has 0 bridgehead atoms. The molecule has 0 radical (unpaired) electrons. The van der Waals surface area contributed by atoms with Gasteiger partial charge in [-0.15, -0.1) is 5.10 Å². The number of ether oxygens (including phenoxy) is 1. The molecule has 0 spiro atoms. The average molecular weight is 842 g/mol. The molecule has 0 aliphatic carbocycles. The number of aromatic nitrogens is 6. The van der Waals surface area contributed by atoms with E-state index < -0.39 is 16.8 Å². The minimum Gasteiger partial charge on any atom is -0.485 e. The van der Waals surface area contributed by atoms with Crippen molar-refractivity contribution in [1.82, 2.24) is 43.9 Å². The van der Waals surface area contributed by atoms with E-state index in [2.05, 4.69) is 47.8 Å². The molecule has 2 atom stereocenters. The molecule has 2 amide bonds. The third-order valence-corrected chi connectivity index (χ3v) is 12.6. The molecule has 2 aliphatic heterocycles. The van der Waals surface area contributed by atoms with Crippen molar-refractivity contribution in [2.24, 2.45) is 18.7 Å². The Morgan fingerprint density at radius 2 is 1.95 bits per heavy atom. The fourth-order valence-corrected chi connectivity index (χ4v) is 9.35. The largest absolute Gasteiger partial charge is 0.485 e. The van der Waals surface area contributed by atoms with Crippen LogP contribution in [0.15, 0.2) is 53.8 Å². The molecular weight excluding hydrogens is 790 g/mol. The molecule has 5 heterocycles. The van der Waals surface area contributed by atoms with Gasteiger partial charge in [0.15, 0.2) is 11.6 Å². The van der Waals surface area contributed by atoms with Gasteiger partial charge in [0, 0.05) is 70.1 Å². The molecule has 318 valence electrons. The van der Waals surface area contributed by atoms with E-state index in [4.69, 9.17) is 15.9 Å². The summed E-state index contributed by atoms with van der Waals surface area (Å²) < 4.78 is 40.5. The zero-order valence-corrected chi connectivity index (χ0v) is 35.1. The number of anilines is 3. The Kier molecular flexibility index (Phi) is 13.2. The summed E-state index contributed by atoms with van der Waals surface area (Å²) in [5.41, 5.74) is 9.03. The Bertz CT molecular complexity index is 2430. The van der Waals surface area contributed by atoms with Crippen molar-refractivity contribution in [3.8, 4) is 5.75 Å². The highest BCUT2D eigenvalue weighted by Gasteiger charge is 2.29. The number of rotatable bonds is 16. The normalized spacial score (nSPS) is 17.6. The fourth-order valence-electron chi connectivity index (χ4n) is 8.03. The van der Waals surface area contributed by atoms with Crippen LogP contribution in [0.5, 0.6) is 5.75 Å². The fraction of sp³-hybridized carbons (Fsp3) is 0.439. The van der Waals surface area contributed by atoms with Crippen molar-refractivity contribution in [1.29, 1.82) is 5.41 Å². The maximum atomic E-state index is 15.6. The van der Waals surface area contributed by atoms with Crippen LogP contribution in [-0.2, 0) is 27.6 Å². The minimum absolute atomic E-state index is 0.105. The van der Waals surface area contributed by atoms with E-state index in [-0.39, 0.29) is 36.6 Å². The van der Waals surface area contributed by atoms with Crippen LogP contribution in [0.25, 0.3) is 22.1 Å². The van der Waals surface area contributed by atoms with Crippen LogP contribution in [0.3, 0.4) is 0 Å². The van der Waals surface area contributed by atoms with Crippen LogP contribution in [-0.4, -0.2) is 114 Å². The third kappa shape index (κ3) is 9.17. The summed E-state index contributed by atoms with van der Waals surface area (Å²) in [6.07, 6.45) is 8.43. The van der Waals surface area contributed by atoms with Crippen molar-refractivity contribution >= 4 is 69.1 Å². The van der Waals surface area contributed by atoms with Gasteiger partial charge in [0.2, 0.25) is 23.9 Å². The molecule has 7 rings (SSSR count). The second-order valence-corrected chi connectivity index (χ2v) is 17.0. The molecule has 2 aromatic carbocycles. The van der Waals surface area contributed by atoms with Crippen LogP contribution < -0.4 is 26.0 Å². The summed E-state index contributed by atoms with van der Waals surface area (Å²) in [5, 5.41) is 23.1. The molecule has 60 heavy (non-hydrogen) atoms. The highest BCUT2D eigenvalue weighted by molar-refractivity contribution is 7.82. The van der Waals surface area contributed by atoms with E-state index in [0.29, 0.717) is 58.3 Å². The number of halogens is 1. The number of carbonyl (C=O) groups excluding carboxylic acids is 2. The summed E-state index contributed by atoms with van der Waals surface area (Å²) in [6.45, 7) is 8.11. The first-order valence-corrected chi connectivity index (χ1v) is 21.3. The zero-order valence-electron chi connectivity index (χ0n) is 34.3. The molecule has 2 aliphatic rings. The first kappa shape index (κ1) is 42.3. The van der Waals surface area contributed by atoms with E-state index in [1.54, 1.807) is 23.9 Å². The molecule has 2 fully saturated rings. The van der Waals surface area contributed by atoms with E-state index in [1.165, 1.54) is 33.6 Å². The second kappa shape index (κ2) is 18.6. The second-order valence-electron chi connectivity index (χ2n) is 15.5. The number of nitrogens with zero attached hydrogens (tertiary/aromatic N) is 9. The van der Waals surface area contributed by atoms with Gasteiger partial charge in [0.25, 0.3) is 0 Å². The Labute approximate surface area is 350 Å². The monoisotopic (exact) mass is 841 g/mol. The first-order chi connectivity index (χ1) is 29.0. The van der Waals surface area contributed by atoms with E-state index in [9.17, 15) is 13.8 Å². The summed E-state index contributed by atoms with van der Waals surface area (Å²) in [4.78, 5) is 37.0. The zero-order chi connectivity index (χ0) is 42.5. The van der Waals surface area contributed by atoms with Crippen molar-refractivity contribution in [2.75, 3.05) is 56.5 Å². The Morgan fingerprint density at radius 1 is 1.15 bits per heavy atom. The smallest absolute Gasteiger partial charge is 0.247 e. The lowest BCUT2D eigenvalue weighted by molar-refractivity contribution is -0.120. The third-order valence-electron chi connectivity index (χ3n) is 11.1. The number of hydrogen-bond donors (Lipinski definition) is 4. The molecule has 0 saturated carbocycles. The topological polar surface area (TPSA) is 205 Å². The van der Waals surface area contributed by atoms with E-state index >= 15 is 4.39 Å². The van der Waals surface area contributed by atoms with Crippen LogP contribution in [0.1, 0.15) is 63.1 Å². The highest BCUT2D eigenvalue weighted by Crippen LogP contribution is 2.35. The molecule has 3 aromatic heterocycles. The van der Waals surface area contributed by atoms with Crippen LogP contribution in [0.4, 0.5) is 21.8 Å². The van der Waals surface area contributed by atoms with Gasteiger partial charge in [-0.3, -0.25) is 19.2 Å². The number of aryl methyl sites for hydroxylation is 1. The molecule has 2 saturated heterocycles. The summed E-state index contributed by atoms with van der Waals surface area (Å²) in [5.74, 6) is 0.958. The summed E-state index contributed by atoms with van der Waals surface area (Å²) in [7, 11) is 1.91. The Hall–Kier alpha value is -5.79. The van der Waals surface area contributed by atoms with Gasteiger partial charge in [0.1, 0.15) is 28.8 Å². The first-order valence-electron chi connectivity index (χ1n) is 20.2. The van der Waals surface area contributed by atoms with Crippen molar-refractivity contribution in [3.63, 3.8) is 0 Å². The van der Waals surface area contributed by atoms with Crippen LogP contribution >= 0.6 is 0 Å². The minimum atomic E-state index is -1.54. The average Bonchev–Trinajstić information content (AvgIpc) is 3.82. The van der Waals surface area contributed by atoms with Crippen LogP contribution in [0, 0.1) is 17.1 Å². The SMILES string of the molecule is CNC(=O)CCN(C=O)c1nn(C)c2cc(C3CCN(CC4CCCN(S(=O)c5ccc(Nc6nc7c(OC(C)C)c(/C(C=N)=C/N)ncn7n6)c(F)c5)C4)CC3)ccc12. The lowest BCUT2D eigenvalue weighted by Gasteiger charge is -2.38. The van der Waals surface area contributed by atoms with Gasteiger partial charge >= 0.3 is 0 Å². The predicted molar refractivity (Wildman–Crippen MR) is 229 cm³/mol. The molecule has 5 N–H and O–H groups in total. The number of nitrogens with one attached hydrogen (secondary N) is 3. The number of fused-ring (bicyclic) bond motifs is 2. The number of nitrogens with two attached hydrogens (primary N) is 1. The number of likely N-dealkylation sites (tertiary alicyclic amines) is 1. The molecule has 2 unspecified atom stereocenters. The quantitative estimate of drug-likeness (QED) is 0.0813. The number of hydrogen-bond acceptors (Lipinski definition) is 12. The lowest BCUT2D eigenvalue weighted by atomic mass is 9.88. The van der Waals surface area contributed by atoms with Crippen molar-refractivity contribution < 1.29 is 22.9 Å². The number of benzene rings is 2. The van der Waals surface area contributed by atoms with Crippen LogP contribution in [0.2, 0.25) is 0 Å². The Balaban J connectivity index is 0.945. The Morgan fingerprint density at radius 3 is 2.65 bits per heavy atom. The number of piperidine rings is 2. The molecule has 5 aromatic rings. The summed E-state index contributed by atoms with van der Waals surface area (Å²) >= 11 is 0. The predicted octanol–water partition coefficient (Wildman–Crippen LogP) is 4.34. The van der Waals surface area contributed by atoms with Crippen molar-refractivity contribution in [3.05, 3.63) is 66.0 Å². The summed E-state index contributed by atoms with van der Waals surface area (Å²) in [6, 6.07) is 10.8. The van der Waals surface area contributed by atoms with Crippen molar-refractivity contribution in [2.45, 2.75) is 62.9 Å². The number of amides is 2. The van der Waals surface area contributed by atoms with Gasteiger partial charge in [0.05, 0.1) is 22.2 Å². The van der Waals surface area contributed by atoms with Gasteiger partial charge < -0.3 is 31.4 Å².